The molecule has 8 N–H and O–H groups in total. The minimum atomic E-state index is -1.78. The Hall–Kier alpha value is -3.12. The fourth-order valence-electron chi connectivity index (χ4n) is 5.58. The quantitative estimate of drug-likeness (QED) is 0.0990. The maximum atomic E-state index is 13.9. The monoisotopic (exact) mass is 514 g/mol. The number of nitrogens with two attached hydrogens (primary N) is 2. The van der Waals surface area contributed by atoms with Gasteiger partial charge in [-0.1, -0.05) is 43.2 Å². The molecule has 37 heavy (non-hydrogen) atoms. The largest absolute Gasteiger partial charge is 0.475 e. The van der Waals surface area contributed by atoms with Crippen molar-refractivity contribution in [3.05, 3.63) is 35.9 Å². The maximum Gasteiger partial charge on any atom is 0.475 e. The fourth-order valence-corrected chi connectivity index (χ4v) is 5.58. The number of likely N-dealkylation sites (tertiary alicyclic amines) is 1. The number of fused-ring (bicyclic) bond motifs is 1. The Morgan fingerprint density at radius 1 is 1.14 bits per heavy atom. The molecule has 1 aliphatic heterocycles. The lowest BCUT2D eigenvalue weighted by molar-refractivity contribution is -0.143. The highest BCUT2D eigenvalue weighted by molar-refractivity contribution is 6.43. The molecule has 1 heterocycles. The van der Waals surface area contributed by atoms with Gasteiger partial charge in [-0.15, -0.1) is 0 Å². The van der Waals surface area contributed by atoms with E-state index in [2.05, 4.69) is 15.6 Å². The zero-order valence-corrected chi connectivity index (χ0v) is 21.4. The SMILES string of the molecule is CC(=O)N[C@H](Cc1ccccc1)C(=O)N1C2CCCCC2C[C@H]1C(=O)N[C@H](CCCN=C(N)N)B(O)O. The van der Waals surface area contributed by atoms with Crippen molar-refractivity contribution >= 4 is 30.8 Å². The summed E-state index contributed by atoms with van der Waals surface area (Å²) in [5.41, 5.74) is 11.6. The van der Waals surface area contributed by atoms with Crippen LogP contribution in [0.3, 0.4) is 0 Å². The van der Waals surface area contributed by atoms with Crippen molar-refractivity contribution < 1.29 is 24.4 Å². The number of rotatable bonds is 11. The Kier molecular flexibility index (Phi) is 10.3. The Morgan fingerprint density at radius 3 is 2.49 bits per heavy atom. The molecule has 2 aliphatic rings. The van der Waals surface area contributed by atoms with E-state index in [0.29, 0.717) is 19.3 Å². The molecular weight excluding hydrogens is 475 g/mol. The number of hydrogen-bond donors (Lipinski definition) is 6. The van der Waals surface area contributed by atoms with Crippen LogP contribution in [0.15, 0.2) is 35.3 Å². The topological polar surface area (TPSA) is 183 Å². The number of nitrogens with zero attached hydrogens (tertiary/aromatic N) is 2. The number of aliphatic imine (C=N–C) groups is 1. The summed E-state index contributed by atoms with van der Waals surface area (Å²) in [5, 5.41) is 25.3. The minimum absolute atomic E-state index is 0.0583. The maximum absolute atomic E-state index is 13.9. The number of carbonyl (C=O) groups is 3. The lowest BCUT2D eigenvalue weighted by atomic mass is 9.76. The second kappa shape index (κ2) is 13.4. The molecule has 0 bridgehead atoms. The van der Waals surface area contributed by atoms with Crippen molar-refractivity contribution in [2.75, 3.05) is 6.54 Å². The van der Waals surface area contributed by atoms with Crippen LogP contribution in [0.5, 0.6) is 0 Å². The number of carbonyl (C=O) groups excluding carboxylic acids is 3. The average Bonchev–Trinajstić information content (AvgIpc) is 3.25. The van der Waals surface area contributed by atoms with Gasteiger partial charge in [0, 0.05) is 25.9 Å². The third kappa shape index (κ3) is 7.93. The summed E-state index contributed by atoms with van der Waals surface area (Å²) in [6.45, 7) is 1.66. The zero-order chi connectivity index (χ0) is 26.9. The number of benzene rings is 1. The predicted molar refractivity (Wildman–Crippen MR) is 141 cm³/mol. The van der Waals surface area contributed by atoms with Gasteiger partial charge < -0.3 is 37.0 Å². The minimum Gasteiger partial charge on any atom is -0.426 e. The van der Waals surface area contributed by atoms with Crippen LogP contribution in [0.4, 0.5) is 0 Å². The first-order chi connectivity index (χ1) is 17.7. The third-order valence-electron chi connectivity index (χ3n) is 7.26. The van der Waals surface area contributed by atoms with Gasteiger partial charge in [0.25, 0.3) is 0 Å². The standard InChI is InChI=1S/C25H39BN6O5/c1-16(33)30-19(14-17-8-3-2-4-9-17)24(35)32-20-11-6-5-10-18(20)15-21(32)23(34)31-22(26(36)37)12-7-13-29-25(27)28/h2-4,8-9,18-22,36-37H,5-7,10-15H2,1H3,(H,30,33)(H,31,34)(H4,27,28,29)/t18?,19-,20?,21+,22-/m1/s1. The molecule has 1 aliphatic carbocycles. The summed E-state index contributed by atoms with van der Waals surface area (Å²) in [6, 6.07) is 7.77. The van der Waals surface area contributed by atoms with E-state index < -0.39 is 31.1 Å². The van der Waals surface area contributed by atoms with Crippen molar-refractivity contribution in [3.63, 3.8) is 0 Å². The molecule has 1 aromatic carbocycles. The number of guanidine groups is 1. The molecule has 0 spiro atoms. The summed E-state index contributed by atoms with van der Waals surface area (Å²) in [5.74, 6) is -1.85. The second-order valence-corrected chi connectivity index (χ2v) is 10.0. The van der Waals surface area contributed by atoms with E-state index in [9.17, 15) is 24.4 Å². The van der Waals surface area contributed by atoms with Gasteiger partial charge in [-0.3, -0.25) is 19.4 Å². The first kappa shape index (κ1) is 28.5. The van der Waals surface area contributed by atoms with Crippen LogP contribution in [0.25, 0.3) is 0 Å². The Labute approximate surface area is 218 Å². The van der Waals surface area contributed by atoms with Crippen molar-refractivity contribution in [1.29, 1.82) is 0 Å². The smallest absolute Gasteiger partial charge is 0.426 e. The summed E-state index contributed by atoms with van der Waals surface area (Å²) in [7, 11) is -1.78. The van der Waals surface area contributed by atoms with Gasteiger partial charge >= 0.3 is 7.12 Å². The highest BCUT2D eigenvalue weighted by atomic mass is 16.4. The molecule has 11 nitrogen and oxygen atoms in total. The van der Waals surface area contributed by atoms with Gasteiger partial charge in [-0.25, -0.2) is 0 Å². The number of hydrogen-bond acceptors (Lipinski definition) is 6. The van der Waals surface area contributed by atoms with E-state index in [1.165, 1.54) is 6.92 Å². The molecule has 202 valence electrons. The van der Waals surface area contributed by atoms with E-state index in [1.807, 2.05) is 30.3 Å². The summed E-state index contributed by atoms with van der Waals surface area (Å²) < 4.78 is 0. The van der Waals surface area contributed by atoms with Crippen molar-refractivity contribution in [1.82, 2.24) is 15.5 Å². The van der Waals surface area contributed by atoms with Gasteiger partial charge in [0.2, 0.25) is 17.7 Å². The molecule has 2 unspecified atom stereocenters. The summed E-state index contributed by atoms with van der Waals surface area (Å²) in [4.78, 5) is 45.0. The molecule has 1 saturated carbocycles. The van der Waals surface area contributed by atoms with E-state index >= 15 is 0 Å². The number of nitrogens with one attached hydrogen (secondary N) is 2. The van der Waals surface area contributed by atoms with Gasteiger partial charge in [0.05, 0.1) is 5.94 Å². The molecule has 0 aromatic heterocycles. The van der Waals surface area contributed by atoms with E-state index in [0.717, 1.165) is 31.2 Å². The van der Waals surface area contributed by atoms with Crippen molar-refractivity contribution in [3.8, 4) is 0 Å². The zero-order valence-electron chi connectivity index (χ0n) is 21.4. The molecule has 1 aromatic rings. The highest BCUT2D eigenvalue weighted by Crippen LogP contribution is 2.40. The fraction of sp³-hybridized carbons (Fsp3) is 0.600. The van der Waals surface area contributed by atoms with Gasteiger partial charge in [-0.05, 0) is 43.6 Å². The van der Waals surface area contributed by atoms with Crippen LogP contribution in [-0.2, 0) is 20.8 Å². The lowest BCUT2D eigenvalue weighted by Gasteiger charge is -2.36. The normalized spacial score (nSPS) is 22.4. The second-order valence-electron chi connectivity index (χ2n) is 10.0. The summed E-state index contributed by atoms with van der Waals surface area (Å²) >= 11 is 0. The van der Waals surface area contributed by atoms with Crippen LogP contribution in [-0.4, -0.2) is 76.4 Å². The molecule has 1 saturated heterocycles. The highest BCUT2D eigenvalue weighted by Gasteiger charge is 2.49. The van der Waals surface area contributed by atoms with E-state index in [-0.39, 0.29) is 42.7 Å². The molecule has 3 amide bonds. The van der Waals surface area contributed by atoms with Gasteiger partial charge in [-0.2, -0.15) is 0 Å². The molecular formula is C25H39BN6O5. The lowest BCUT2D eigenvalue weighted by Crippen LogP contribution is -2.58. The average molecular weight is 514 g/mol. The molecule has 0 radical (unpaired) electrons. The molecule has 3 rings (SSSR count). The van der Waals surface area contributed by atoms with Crippen LogP contribution in [0.2, 0.25) is 0 Å². The Bertz CT molecular complexity index is 958. The predicted octanol–water partition coefficient (Wildman–Crippen LogP) is -0.556. The van der Waals surface area contributed by atoms with E-state index in [4.69, 9.17) is 11.5 Å². The van der Waals surface area contributed by atoms with E-state index in [1.54, 1.807) is 4.90 Å². The third-order valence-corrected chi connectivity index (χ3v) is 7.26. The van der Waals surface area contributed by atoms with Crippen LogP contribution in [0.1, 0.15) is 57.4 Å². The Balaban J connectivity index is 1.79. The number of amides is 3. The van der Waals surface area contributed by atoms with Crippen LogP contribution in [0, 0.1) is 5.92 Å². The first-order valence-electron chi connectivity index (χ1n) is 13.0. The van der Waals surface area contributed by atoms with Crippen LogP contribution < -0.4 is 22.1 Å². The summed E-state index contributed by atoms with van der Waals surface area (Å²) in [6.07, 6.45) is 5.21. The molecule has 5 atom stereocenters. The van der Waals surface area contributed by atoms with Crippen molar-refractivity contribution in [2.45, 2.75) is 82.4 Å². The van der Waals surface area contributed by atoms with Gasteiger partial charge in [0.1, 0.15) is 12.1 Å². The first-order valence-corrected chi connectivity index (χ1v) is 13.0. The van der Waals surface area contributed by atoms with Gasteiger partial charge in [0.15, 0.2) is 5.96 Å². The molecule has 12 heteroatoms. The Morgan fingerprint density at radius 2 is 1.84 bits per heavy atom. The van der Waals surface area contributed by atoms with Crippen molar-refractivity contribution in [2.24, 2.45) is 22.4 Å². The molecule has 2 fully saturated rings. The van der Waals surface area contributed by atoms with Crippen LogP contribution >= 0.6 is 0 Å².